The summed E-state index contributed by atoms with van der Waals surface area (Å²) in [6, 6.07) is 15.4. The molecule has 0 saturated carbocycles. The first-order valence-corrected chi connectivity index (χ1v) is 7.95. The highest BCUT2D eigenvalue weighted by Crippen LogP contribution is 2.32. The van der Waals surface area contributed by atoms with Crippen molar-refractivity contribution >= 4 is 0 Å². The molecule has 0 amide bonds. The van der Waals surface area contributed by atoms with Crippen molar-refractivity contribution in [1.82, 2.24) is 10.3 Å². The fourth-order valence-electron chi connectivity index (χ4n) is 3.16. The van der Waals surface area contributed by atoms with E-state index in [-0.39, 0.29) is 6.10 Å². The second-order valence-electron chi connectivity index (χ2n) is 5.98. The zero-order valence-corrected chi connectivity index (χ0v) is 13.4. The Balaban J connectivity index is 1.71. The van der Waals surface area contributed by atoms with Crippen LogP contribution in [-0.2, 0) is 0 Å². The van der Waals surface area contributed by atoms with Crippen molar-refractivity contribution in [2.75, 3.05) is 13.1 Å². The van der Waals surface area contributed by atoms with E-state index in [0.717, 1.165) is 13.1 Å². The maximum Gasteiger partial charge on any atom is 0.213 e. The molecule has 5 heteroatoms. The fourth-order valence-corrected chi connectivity index (χ4v) is 3.16. The molecular formula is C19H18N4O. The molecule has 3 rings (SSSR count). The van der Waals surface area contributed by atoms with Crippen LogP contribution in [0.3, 0.4) is 0 Å². The second kappa shape index (κ2) is 7.12. The van der Waals surface area contributed by atoms with Gasteiger partial charge in [-0.05, 0) is 30.7 Å². The number of nitrogens with one attached hydrogen (secondary N) is 1. The third-order valence-electron chi connectivity index (χ3n) is 4.50. The van der Waals surface area contributed by atoms with Crippen LogP contribution in [0.25, 0.3) is 0 Å². The average Bonchev–Trinajstić information content (AvgIpc) is 3.12. The smallest absolute Gasteiger partial charge is 0.213 e. The fraction of sp³-hybridized carbons (Fsp3) is 0.316. The summed E-state index contributed by atoms with van der Waals surface area (Å²) < 4.78 is 5.98. The summed E-state index contributed by atoms with van der Waals surface area (Å²) >= 11 is 0. The van der Waals surface area contributed by atoms with Crippen molar-refractivity contribution in [2.45, 2.75) is 18.9 Å². The number of hydrogen-bond acceptors (Lipinski definition) is 5. The largest absolute Gasteiger partial charge is 0.474 e. The van der Waals surface area contributed by atoms with E-state index in [1.165, 1.54) is 11.8 Å². The summed E-state index contributed by atoms with van der Waals surface area (Å²) in [5.41, 5.74) is 2.41. The van der Waals surface area contributed by atoms with Crippen molar-refractivity contribution in [3.63, 3.8) is 0 Å². The summed E-state index contributed by atoms with van der Waals surface area (Å²) in [6.07, 6.45) is 1.51. The molecular weight excluding hydrogens is 300 g/mol. The molecule has 1 aliphatic heterocycles. The molecule has 0 unspecified atom stereocenters. The molecule has 0 aliphatic carbocycles. The summed E-state index contributed by atoms with van der Waals surface area (Å²) in [5, 5.41) is 21.2. The van der Waals surface area contributed by atoms with Crippen molar-refractivity contribution < 1.29 is 4.74 Å². The first-order chi connectivity index (χ1) is 11.7. The highest BCUT2D eigenvalue weighted by Gasteiger charge is 2.33. The predicted octanol–water partition coefficient (Wildman–Crippen LogP) is 2.60. The molecule has 1 aromatic heterocycles. The topological polar surface area (TPSA) is 81.7 Å². The monoisotopic (exact) mass is 318 g/mol. The average molecular weight is 318 g/mol. The molecule has 2 aromatic rings. The van der Waals surface area contributed by atoms with Crippen LogP contribution in [0.4, 0.5) is 0 Å². The van der Waals surface area contributed by atoms with Gasteiger partial charge in [-0.2, -0.15) is 10.5 Å². The molecule has 1 aliphatic rings. The van der Waals surface area contributed by atoms with Gasteiger partial charge in [0.15, 0.2) is 0 Å². The number of hydrogen-bond donors (Lipinski definition) is 1. The summed E-state index contributed by atoms with van der Waals surface area (Å²) in [6.45, 7) is 3.82. The zero-order valence-electron chi connectivity index (χ0n) is 13.4. The zero-order chi connectivity index (χ0) is 16.9. The molecule has 1 fully saturated rings. The number of aromatic nitrogens is 1. The molecule has 1 aromatic carbocycles. The first-order valence-electron chi connectivity index (χ1n) is 7.95. The molecule has 0 spiro atoms. The van der Waals surface area contributed by atoms with Crippen LogP contribution in [0.15, 0.2) is 42.6 Å². The van der Waals surface area contributed by atoms with E-state index < -0.39 is 0 Å². The van der Waals surface area contributed by atoms with Gasteiger partial charge in [-0.15, -0.1) is 0 Å². The molecule has 120 valence electrons. The Morgan fingerprint density at radius 1 is 1.08 bits per heavy atom. The van der Waals surface area contributed by atoms with Crippen molar-refractivity contribution in [3.05, 3.63) is 59.3 Å². The van der Waals surface area contributed by atoms with E-state index >= 15 is 0 Å². The van der Waals surface area contributed by atoms with E-state index in [9.17, 15) is 0 Å². The number of benzene rings is 1. The summed E-state index contributed by atoms with van der Waals surface area (Å²) in [4.78, 5) is 4.18. The number of nitrogens with zero attached hydrogens (tertiary/aromatic N) is 3. The maximum atomic E-state index is 8.93. The predicted molar refractivity (Wildman–Crippen MR) is 89.3 cm³/mol. The third kappa shape index (κ3) is 3.37. The van der Waals surface area contributed by atoms with Crippen LogP contribution in [0.1, 0.15) is 29.5 Å². The van der Waals surface area contributed by atoms with E-state index in [4.69, 9.17) is 15.3 Å². The molecule has 2 heterocycles. The van der Waals surface area contributed by atoms with Gasteiger partial charge in [-0.1, -0.05) is 12.1 Å². The Hall–Kier alpha value is -2.89. The second-order valence-corrected chi connectivity index (χ2v) is 5.98. The number of rotatable bonds is 4. The van der Waals surface area contributed by atoms with Crippen LogP contribution < -0.4 is 10.1 Å². The molecule has 0 bridgehead atoms. The van der Waals surface area contributed by atoms with Crippen LogP contribution in [-0.4, -0.2) is 24.2 Å². The van der Waals surface area contributed by atoms with Crippen molar-refractivity contribution in [2.24, 2.45) is 5.92 Å². The minimum absolute atomic E-state index is 0.0129. The lowest BCUT2D eigenvalue weighted by molar-refractivity contribution is 0.145. The Bertz CT molecular complexity index is 771. The Morgan fingerprint density at radius 3 is 2.42 bits per heavy atom. The quantitative estimate of drug-likeness (QED) is 0.937. The van der Waals surface area contributed by atoms with E-state index in [0.29, 0.717) is 28.8 Å². The molecule has 5 nitrogen and oxygen atoms in total. The van der Waals surface area contributed by atoms with Gasteiger partial charge in [-0.3, -0.25) is 0 Å². The van der Waals surface area contributed by atoms with Gasteiger partial charge >= 0.3 is 0 Å². The Morgan fingerprint density at radius 2 is 1.79 bits per heavy atom. The Labute approximate surface area is 141 Å². The number of ether oxygens (including phenoxy) is 1. The lowest BCUT2D eigenvalue weighted by atomic mass is 9.85. The summed E-state index contributed by atoms with van der Waals surface area (Å²) in [5.74, 6) is 1.19. The third-order valence-corrected chi connectivity index (χ3v) is 4.50. The molecule has 1 saturated heterocycles. The van der Waals surface area contributed by atoms with Gasteiger partial charge in [0.25, 0.3) is 0 Å². The Kier molecular flexibility index (Phi) is 4.74. The number of pyridine rings is 1. The maximum absolute atomic E-state index is 8.93. The molecule has 0 radical (unpaired) electrons. The van der Waals surface area contributed by atoms with Gasteiger partial charge in [0.05, 0.1) is 17.2 Å². The van der Waals surface area contributed by atoms with Gasteiger partial charge in [0.1, 0.15) is 12.2 Å². The lowest BCUT2D eigenvalue weighted by Crippen LogP contribution is -2.29. The molecule has 1 N–H and O–H groups in total. The van der Waals surface area contributed by atoms with E-state index in [1.54, 1.807) is 12.1 Å². The highest BCUT2D eigenvalue weighted by atomic mass is 16.5. The van der Waals surface area contributed by atoms with Gasteiger partial charge < -0.3 is 10.1 Å². The van der Waals surface area contributed by atoms with E-state index in [1.807, 2.05) is 37.3 Å². The SMILES string of the molecule is C[C@H](Oc1ccc(C#N)cn1)[C@H]1CNC[C@@H]1c1ccc(C#N)cc1. The van der Waals surface area contributed by atoms with Gasteiger partial charge in [0, 0.05) is 37.2 Å². The van der Waals surface area contributed by atoms with E-state index in [2.05, 4.69) is 16.4 Å². The van der Waals surface area contributed by atoms with Crippen molar-refractivity contribution in [3.8, 4) is 18.0 Å². The first kappa shape index (κ1) is 16.0. The van der Waals surface area contributed by atoms with Crippen LogP contribution >= 0.6 is 0 Å². The lowest BCUT2D eigenvalue weighted by Gasteiger charge is -2.25. The normalized spacial score (nSPS) is 20.8. The van der Waals surface area contributed by atoms with Crippen molar-refractivity contribution in [1.29, 1.82) is 10.5 Å². The minimum Gasteiger partial charge on any atom is -0.474 e. The standard InChI is InChI=1S/C19H18N4O/c1-13(24-19-7-4-15(9-21)10-23-19)17-11-22-12-18(17)16-5-2-14(8-20)3-6-16/h2-7,10,13,17-18,22H,11-12H2,1H3/t13-,17+,18+/m0/s1. The minimum atomic E-state index is -0.0129. The van der Waals surface area contributed by atoms with Gasteiger partial charge in [0.2, 0.25) is 5.88 Å². The molecule has 3 atom stereocenters. The highest BCUT2D eigenvalue weighted by molar-refractivity contribution is 5.34. The molecule has 24 heavy (non-hydrogen) atoms. The summed E-state index contributed by atoms with van der Waals surface area (Å²) in [7, 11) is 0. The number of nitriles is 2. The van der Waals surface area contributed by atoms with Crippen LogP contribution in [0, 0.1) is 28.6 Å². The van der Waals surface area contributed by atoms with Gasteiger partial charge in [-0.25, -0.2) is 4.98 Å². The van der Waals surface area contributed by atoms with Crippen LogP contribution in [0.5, 0.6) is 5.88 Å². The van der Waals surface area contributed by atoms with Crippen LogP contribution in [0.2, 0.25) is 0 Å².